The Kier molecular flexibility index (Phi) is 33.4. The molecule has 0 radical (unpaired) electrons. The molecule has 9 fully saturated rings. The second-order valence-electron chi connectivity index (χ2n) is 37.6. The fourth-order valence-electron chi connectivity index (χ4n) is 20.2. The summed E-state index contributed by atoms with van der Waals surface area (Å²) in [7, 11) is 0. The number of hydrogen-bond acceptors (Lipinski definition) is 26. The number of nitriles is 2. The van der Waals surface area contributed by atoms with E-state index in [-0.39, 0.29) is 55.6 Å². The highest BCUT2D eigenvalue weighted by molar-refractivity contribution is 6.32. The van der Waals surface area contributed by atoms with E-state index in [1.54, 1.807) is 18.6 Å². The molecular formula is C98H130Cl4N22O5. The molecular weight excluding hydrogens is 1710 g/mol. The van der Waals surface area contributed by atoms with Gasteiger partial charge in [-0.3, -0.25) is 14.8 Å². The van der Waals surface area contributed by atoms with Crippen LogP contribution in [0.1, 0.15) is 178 Å². The molecule has 1 saturated carbocycles. The predicted octanol–water partition coefficient (Wildman–Crippen LogP) is 15.9. The SMILES string of the molecule is Cc1ccc([C@@H](C)Nc2cnc(C#N)c(N3CC([C@H]4CCCN(C5CC(C(=O)O)C5)C4)C3)n2)c(Cl)c1.Cc1ccc([C@@H](C)Nc2cncc(N3CC([C@H]4CCCN(CCO)C4)C3)n2)c(Cl)c1.Cc1ccc([C@@H](C)Nc2nc(N3CC([C@H]4CCCN(CCO)C4)C3)cnc2C#N)c(Cl)c1.Cc1ccc([C@@H](C)Nc2nc(N3CC([C@H]4CCCN(CCO)C4)C3)cnc2C)c(Cl)c1. The molecule has 8 N–H and O–H groups in total. The van der Waals surface area contributed by atoms with Gasteiger partial charge in [-0.15, -0.1) is 0 Å². The van der Waals surface area contributed by atoms with E-state index in [2.05, 4.69) is 131 Å². The zero-order valence-electron chi connectivity index (χ0n) is 76.3. The maximum absolute atomic E-state index is 11.2. The average Bonchev–Trinajstić information content (AvgIpc) is 0.775. The highest BCUT2D eigenvalue weighted by Crippen LogP contribution is 2.43. The quantitative estimate of drug-likeness (QED) is 0.0226. The molecule has 8 saturated heterocycles. The van der Waals surface area contributed by atoms with Crippen LogP contribution < -0.4 is 40.9 Å². The summed E-state index contributed by atoms with van der Waals surface area (Å²) >= 11 is 25.8. The summed E-state index contributed by atoms with van der Waals surface area (Å²) in [5.41, 5.74) is 10.1. The number of aryl methyl sites for hydroxylation is 5. The number of halogens is 4. The van der Waals surface area contributed by atoms with E-state index in [1.807, 2.05) is 109 Å². The van der Waals surface area contributed by atoms with Crippen LogP contribution >= 0.6 is 46.4 Å². The highest BCUT2D eigenvalue weighted by Gasteiger charge is 2.45. The number of piperidine rings is 4. The zero-order valence-corrected chi connectivity index (χ0v) is 79.3. The molecule has 1 aliphatic carbocycles. The fourth-order valence-corrected chi connectivity index (χ4v) is 21.7. The molecule has 8 aliphatic heterocycles. The van der Waals surface area contributed by atoms with Gasteiger partial charge in [0.1, 0.15) is 47.0 Å². The zero-order chi connectivity index (χ0) is 91.1. The molecule has 0 bridgehead atoms. The van der Waals surface area contributed by atoms with Crippen molar-refractivity contribution in [2.75, 3.05) is 185 Å². The Morgan fingerprint density at radius 2 is 0.791 bits per heavy atom. The van der Waals surface area contributed by atoms with Crippen LogP contribution in [0.4, 0.5) is 46.5 Å². The van der Waals surface area contributed by atoms with Crippen LogP contribution in [0.2, 0.25) is 20.1 Å². The molecule has 0 amide bonds. The predicted molar refractivity (Wildman–Crippen MR) is 515 cm³/mol. The number of aliphatic hydroxyl groups is 3. The number of likely N-dealkylation sites (tertiary alicyclic amines) is 4. The van der Waals surface area contributed by atoms with Gasteiger partial charge in [-0.1, -0.05) is 94.9 Å². The molecule has 8 aromatic rings. The number of nitrogens with zero attached hydrogens (tertiary/aromatic N) is 18. The number of aliphatic hydroxyl groups excluding tert-OH is 3. The van der Waals surface area contributed by atoms with Crippen molar-refractivity contribution in [3.05, 3.63) is 185 Å². The second kappa shape index (κ2) is 44.9. The van der Waals surface area contributed by atoms with Crippen LogP contribution in [0.25, 0.3) is 0 Å². The van der Waals surface area contributed by atoms with Crippen LogP contribution in [0, 0.1) is 111 Å². The monoisotopic (exact) mass is 1830 g/mol. The number of aromatic nitrogens is 8. The number of anilines is 8. The number of carboxylic acid groups (broad SMARTS) is 1. The van der Waals surface area contributed by atoms with Crippen LogP contribution in [-0.2, 0) is 4.79 Å². The molecule has 129 heavy (non-hydrogen) atoms. The minimum absolute atomic E-state index is 0.0419. The van der Waals surface area contributed by atoms with E-state index in [0.29, 0.717) is 74.7 Å². The Morgan fingerprint density at radius 1 is 0.426 bits per heavy atom. The van der Waals surface area contributed by atoms with E-state index in [0.717, 1.165) is 245 Å². The first-order valence-corrected chi connectivity index (χ1v) is 48.1. The van der Waals surface area contributed by atoms with E-state index >= 15 is 0 Å². The summed E-state index contributed by atoms with van der Waals surface area (Å²) in [5.74, 6) is 10.5. The van der Waals surface area contributed by atoms with Gasteiger partial charge in [-0.25, -0.2) is 29.9 Å². The van der Waals surface area contributed by atoms with E-state index in [9.17, 15) is 35.7 Å². The van der Waals surface area contributed by atoms with Crippen molar-refractivity contribution in [3.63, 3.8) is 0 Å². The first-order chi connectivity index (χ1) is 62.3. The van der Waals surface area contributed by atoms with Crippen molar-refractivity contribution >= 4 is 98.9 Å². The molecule has 17 rings (SSSR count). The van der Waals surface area contributed by atoms with Gasteiger partial charge in [0.15, 0.2) is 23.0 Å². The number of carboxylic acids is 1. The number of rotatable bonds is 28. The van der Waals surface area contributed by atoms with Gasteiger partial charge < -0.3 is 80.9 Å². The molecule has 8 atom stereocenters. The second-order valence-corrected chi connectivity index (χ2v) is 39.2. The van der Waals surface area contributed by atoms with Crippen LogP contribution in [0.15, 0.2) is 104 Å². The smallest absolute Gasteiger partial charge is 0.306 e. The lowest BCUT2D eigenvalue weighted by Gasteiger charge is -2.50. The summed E-state index contributed by atoms with van der Waals surface area (Å²) in [5, 5.41) is 72.7. The van der Waals surface area contributed by atoms with Gasteiger partial charge >= 0.3 is 5.97 Å². The Hall–Kier alpha value is -9.07. The lowest BCUT2D eigenvalue weighted by atomic mass is 9.76. The van der Waals surface area contributed by atoms with Crippen LogP contribution in [0.3, 0.4) is 0 Å². The molecule has 12 heterocycles. The minimum atomic E-state index is -0.656. The summed E-state index contributed by atoms with van der Waals surface area (Å²) in [4.78, 5) is 66.9. The molecule has 27 nitrogen and oxygen atoms in total. The summed E-state index contributed by atoms with van der Waals surface area (Å²) in [6.07, 6.45) is 20.3. The summed E-state index contributed by atoms with van der Waals surface area (Å²) in [6.45, 7) is 38.0. The van der Waals surface area contributed by atoms with Crippen LogP contribution in [-0.4, -0.2) is 236 Å². The molecule has 690 valence electrons. The number of nitrogens with one attached hydrogen (secondary N) is 4. The molecule has 0 spiro atoms. The average molecular weight is 1840 g/mol. The van der Waals surface area contributed by atoms with Gasteiger partial charge in [0.25, 0.3) is 0 Å². The largest absolute Gasteiger partial charge is 0.481 e. The number of carbonyl (C=O) groups is 1. The number of hydrogen-bond donors (Lipinski definition) is 8. The number of aliphatic carboxylic acids is 1. The molecule has 9 aliphatic rings. The van der Waals surface area contributed by atoms with E-state index in [4.69, 9.17) is 66.3 Å². The first kappa shape index (κ1) is 96.0. The Balaban J connectivity index is 0.000000139. The lowest BCUT2D eigenvalue weighted by Crippen LogP contribution is -2.56. The maximum Gasteiger partial charge on any atom is 0.306 e. The van der Waals surface area contributed by atoms with Gasteiger partial charge in [0, 0.05) is 124 Å². The fraction of sp³-hybridized carbons (Fsp3) is 0.561. The van der Waals surface area contributed by atoms with Gasteiger partial charge in [0.05, 0.1) is 86.6 Å². The van der Waals surface area contributed by atoms with Crippen LogP contribution in [0.5, 0.6) is 0 Å². The topological polar surface area (TPSA) is 323 Å². The van der Waals surface area contributed by atoms with Gasteiger partial charge in [0.2, 0.25) is 0 Å². The standard InChI is InChI=1S/C27H33ClN6O2.C24H31ClN6O.C24H34ClN5O.C23H32ClN5O/c1-16-5-6-22(23(28)8-16)17(2)31-25-12-30-24(11-29)26(32-25)34-14-20(15-34)18-4-3-7-33(13-18)21-9-19(10-21)27(35)36;1-16-5-6-20(21(25)10-16)17(2)28-24-22(11-26)27-12-23(29-24)31-14-19(15-31)18-4-3-7-30(13-18)8-9-32;1-16-6-7-21(22(25)11-16)17(2)27-24-18(3)26-12-23(28-24)30-14-20(15-30)19-5-4-8-29(13-19)9-10-31;1-16-5-6-20(21(24)10-16)17(2)26-22-11-25-12-23(27-22)29-14-19(15-29)18-4-3-7-28(13-18)8-9-30/h5-6,8,12,17-21H,3-4,7,9-10,13-15H2,1-2H3,(H,31,32)(H,35,36);5-6,10,12,17-19,32H,3-4,7-9,13-15H2,1-2H3,(H,28,29);6-7,11-12,17,19-20,31H,4-5,8-10,13-15H2,1-3H3,(H,27,28);5-6,10-12,17-19,30H,3-4,7-9,13-15H2,1-2H3,(H,26,27)/t17-,18+,19?,21?;17-,18+;17-,19+;17-,18+/m1111/s1. The van der Waals surface area contributed by atoms with Crippen molar-refractivity contribution < 1.29 is 25.2 Å². The molecule has 0 unspecified atom stereocenters. The molecule has 31 heteroatoms. The third kappa shape index (κ3) is 24.6. The lowest BCUT2D eigenvalue weighted by molar-refractivity contribution is -0.147. The normalized spacial score (nSPS) is 22.2. The van der Waals surface area contributed by atoms with Crippen molar-refractivity contribution in [1.29, 1.82) is 10.5 Å². The Bertz CT molecular complexity index is 5170. The minimum Gasteiger partial charge on any atom is -0.481 e. The van der Waals surface area contributed by atoms with Crippen molar-refractivity contribution in [1.82, 2.24) is 59.5 Å². The highest BCUT2D eigenvalue weighted by atomic mass is 35.5. The third-order valence-corrected chi connectivity index (χ3v) is 29.4. The molecule has 4 aromatic heterocycles. The molecule has 4 aromatic carbocycles. The van der Waals surface area contributed by atoms with E-state index < -0.39 is 5.97 Å². The third-order valence-electron chi connectivity index (χ3n) is 28.1. The summed E-state index contributed by atoms with van der Waals surface area (Å²) < 4.78 is 0. The van der Waals surface area contributed by atoms with E-state index in [1.165, 1.54) is 44.9 Å². The Morgan fingerprint density at radius 3 is 1.20 bits per heavy atom. The Labute approximate surface area is 781 Å². The summed E-state index contributed by atoms with van der Waals surface area (Å²) in [6, 6.07) is 29.0. The van der Waals surface area contributed by atoms with Gasteiger partial charge in [-0.2, -0.15) is 10.5 Å². The van der Waals surface area contributed by atoms with Gasteiger partial charge in [-0.05, 0) is 269 Å². The van der Waals surface area contributed by atoms with Crippen molar-refractivity contribution in [3.8, 4) is 12.1 Å². The van der Waals surface area contributed by atoms with Crippen molar-refractivity contribution in [2.45, 2.75) is 157 Å². The number of β-amino-alcohol motifs (C(OH)–C–C–N with tert-alkyl or cyclic N) is 3. The number of benzene rings is 4. The maximum atomic E-state index is 11.2. The first-order valence-electron chi connectivity index (χ1n) is 46.5. The van der Waals surface area contributed by atoms with Crippen molar-refractivity contribution in [2.24, 2.45) is 53.3 Å².